The van der Waals surface area contributed by atoms with Crippen LogP contribution in [0.25, 0.3) is 0 Å². The van der Waals surface area contributed by atoms with E-state index in [1.54, 1.807) is 13.8 Å². The molecule has 1 heterocycles. The van der Waals surface area contributed by atoms with E-state index in [9.17, 15) is 9.59 Å². The van der Waals surface area contributed by atoms with Gasteiger partial charge in [0.15, 0.2) is 17.0 Å². The van der Waals surface area contributed by atoms with E-state index in [0.29, 0.717) is 21.5 Å². The predicted molar refractivity (Wildman–Crippen MR) is 101 cm³/mol. The Balaban J connectivity index is 2.00. The summed E-state index contributed by atoms with van der Waals surface area (Å²) in [7, 11) is 0. The lowest BCUT2D eigenvalue weighted by Crippen LogP contribution is -2.30. The van der Waals surface area contributed by atoms with Crippen LogP contribution in [0.1, 0.15) is 55.5 Å². The first kappa shape index (κ1) is 19.1. The molecule has 6 heteroatoms. The number of benzene rings is 1. The number of amides is 1. The minimum atomic E-state index is -0.675. The Hall–Kier alpha value is -2.21. The van der Waals surface area contributed by atoms with Crippen LogP contribution < -0.4 is 10.1 Å². The summed E-state index contributed by atoms with van der Waals surface area (Å²) in [6.07, 6.45) is -0.675. The number of thiazole rings is 1. The number of hydrogen-bond donors (Lipinski definition) is 1. The summed E-state index contributed by atoms with van der Waals surface area (Å²) in [5, 5.41) is 3.11. The molecule has 25 heavy (non-hydrogen) atoms. The van der Waals surface area contributed by atoms with Crippen LogP contribution in [0.3, 0.4) is 0 Å². The number of ketones is 1. The van der Waals surface area contributed by atoms with E-state index < -0.39 is 6.10 Å². The number of carbonyl (C=O) groups excluding carboxylic acids is 2. The topological polar surface area (TPSA) is 68.3 Å². The molecule has 0 bridgehead atoms. The average Bonchev–Trinajstić information content (AvgIpc) is 2.87. The quantitative estimate of drug-likeness (QED) is 0.805. The molecule has 2 aromatic rings. The van der Waals surface area contributed by atoms with Crippen molar-refractivity contribution in [3.63, 3.8) is 0 Å². The zero-order valence-electron chi connectivity index (χ0n) is 15.5. The van der Waals surface area contributed by atoms with Crippen LogP contribution in [0.5, 0.6) is 5.75 Å². The fraction of sp³-hybridized carbons (Fsp3) is 0.421. The van der Waals surface area contributed by atoms with Crippen molar-refractivity contribution in [1.82, 2.24) is 4.98 Å². The number of Topliss-reactive ketones (excluding diaryl/α,β-unsaturated/α-hetero) is 1. The smallest absolute Gasteiger partial charge is 0.266 e. The molecule has 1 amide bonds. The fourth-order valence-corrected chi connectivity index (χ4v) is 3.14. The number of aryl methyl sites for hydroxylation is 1. The standard InChI is InChI=1S/C19H24N2O3S/c1-11-16(12(2)22)25-18(20-11)21-17(23)13(3)24-15-9-7-14(8-10-15)19(4,5)6/h7-10,13H,1-6H3,(H,20,21,23). The molecular weight excluding hydrogens is 336 g/mol. The maximum atomic E-state index is 12.3. The number of hydrogen-bond acceptors (Lipinski definition) is 5. The largest absolute Gasteiger partial charge is 0.481 e. The summed E-state index contributed by atoms with van der Waals surface area (Å²) in [5.74, 6) is 0.276. The molecule has 0 saturated heterocycles. The minimum absolute atomic E-state index is 0.0567. The summed E-state index contributed by atoms with van der Waals surface area (Å²) in [6.45, 7) is 11.3. The van der Waals surface area contributed by atoms with Crippen molar-refractivity contribution in [3.8, 4) is 5.75 Å². The molecule has 0 spiro atoms. The zero-order chi connectivity index (χ0) is 18.8. The van der Waals surface area contributed by atoms with Gasteiger partial charge in [0, 0.05) is 6.92 Å². The first-order chi connectivity index (χ1) is 11.6. The monoisotopic (exact) mass is 360 g/mol. The van der Waals surface area contributed by atoms with E-state index in [-0.39, 0.29) is 17.1 Å². The lowest BCUT2D eigenvalue weighted by Gasteiger charge is -2.20. The van der Waals surface area contributed by atoms with Gasteiger partial charge in [-0.05, 0) is 37.0 Å². The highest BCUT2D eigenvalue weighted by Crippen LogP contribution is 2.25. The third-order valence-electron chi connectivity index (χ3n) is 3.75. The summed E-state index contributed by atoms with van der Waals surface area (Å²) < 4.78 is 5.70. The minimum Gasteiger partial charge on any atom is -0.481 e. The molecule has 0 aliphatic heterocycles. The summed E-state index contributed by atoms with van der Waals surface area (Å²) >= 11 is 1.18. The number of aromatic nitrogens is 1. The highest BCUT2D eigenvalue weighted by atomic mass is 32.1. The Morgan fingerprint density at radius 3 is 2.28 bits per heavy atom. The molecule has 134 valence electrons. The number of nitrogens with one attached hydrogen (secondary N) is 1. The highest BCUT2D eigenvalue weighted by molar-refractivity contribution is 7.17. The second-order valence-electron chi connectivity index (χ2n) is 7.01. The van der Waals surface area contributed by atoms with Crippen LogP contribution in [0.15, 0.2) is 24.3 Å². The van der Waals surface area contributed by atoms with Crippen molar-refractivity contribution >= 4 is 28.2 Å². The number of ether oxygens (including phenoxy) is 1. The lowest BCUT2D eigenvalue weighted by molar-refractivity contribution is -0.122. The molecule has 1 aromatic heterocycles. The molecule has 5 nitrogen and oxygen atoms in total. The van der Waals surface area contributed by atoms with Gasteiger partial charge < -0.3 is 4.74 Å². The molecule has 1 atom stereocenters. The van der Waals surface area contributed by atoms with Crippen LogP contribution in [-0.2, 0) is 10.2 Å². The molecular formula is C19H24N2O3S. The van der Waals surface area contributed by atoms with Crippen LogP contribution in [0.4, 0.5) is 5.13 Å². The van der Waals surface area contributed by atoms with Crippen LogP contribution >= 0.6 is 11.3 Å². The van der Waals surface area contributed by atoms with Crippen LogP contribution in [0.2, 0.25) is 0 Å². The Labute approximate surface area is 152 Å². The van der Waals surface area contributed by atoms with Crippen molar-refractivity contribution < 1.29 is 14.3 Å². The third-order valence-corrected chi connectivity index (χ3v) is 4.92. The molecule has 0 aliphatic rings. The summed E-state index contributed by atoms with van der Waals surface area (Å²) in [4.78, 5) is 28.5. The number of carbonyl (C=O) groups is 2. The van der Waals surface area contributed by atoms with E-state index in [2.05, 4.69) is 31.1 Å². The molecule has 1 aromatic carbocycles. The fourth-order valence-electron chi connectivity index (χ4n) is 2.27. The van der Waals surface area contributed by atoms with Crippen molar-refractivity contribution in [2.24, 2.45) is 0 Å². The number of rotatable bonds is 5. The van der Waals surface area contributed by atoms with Gasteiger partial charge in [-0.25, -0.2) is 4.98 Å². The molecule has 0 radical (unpaired) electrons. The first-order valence-corrected chi connectivity index (χ1v) is 8.96. The Morgan fingerprint density at radius 1 is 1.20 bits per heavy atom. The van der Waals surface area contributed by atoms with E-state index >= 15 is 0 Å². The lowest BCUT2D eigenvalue weighted by atomic mass is 9.87. The Bertz CT molecular complexity index is 773. The third kappa shape index (κ3) is 4.89. The number of nitrogens with zero attached hydrogens (tertiary/aromatic N) is 1. The molecule has 1 unspecified atom stereocenters. The van der Waals surface area contributed by atoms with Gasteiger partial charge in [0.05, 0.1) is 10.6 Å². The second-order valence-corrected chi connectivity index (χ2v) is 8.01. The van der Waals surface area contributed by atoms with Crippen molar-refractivity contribution in [2.45, 2.75) is 53.1 Å². The van der Waals surface area contributed by atoms with Gasteiger partial charge in [-0.2, -0.15) is 0 Å². The van der Waals surface area contributed by atoms with Gasteiger partial charge in [0.25, 0.3) is 5.91 Å². The van der Waals surface area contributed by atoms with E-state index in [1.807, 2.05) is 24.3 Å². The van der Waals surface area contributed by atoms with Gasteiger partial charge >= 0.3 is 0 Å². The van der Waals surface area contributed by atoms with Crippen LogP contribution in [-0.4, -0.2) is 22.8 Å². The number of anilines is 1. The van der Waals surface area contributed by atoms with E-state index in [4.69, 9.17) is 4.74 Å². The maximum Gasteiger partial charge on any atom is 0.266 e. The zero-order valence-corrected chi connectivity index (χ0v) is 16.3. The van der Waals surface area contributed by atoms with Crippen molar-refractivity contribution in [1.29, 1.82) is 0 Å². The first-order valence-electron chi connectivity index (χ1n) is 8.14. The molecule has 0 saturated carbocycles. The molecule has 2 rings (SSSR count). The molecule has 1 N–H and O–H groups in total. The molecule has 0 aliphatic carbocycles. The van der Waals surface area contributed by atoms with Gasteiger partial charge in [0.1, 0.15) is 5.75 Å². The maximum absolute atomic E-state index is 12.3. The Morgan fingerprint density at radius 2 is 1.80 bits per heavy atom. The van der Waals surface area contributed by atoms with Gasteiger partial charge in [-0.1, -0.05) is 44.2 Å². The molecule has 0 fully saturated rings. The SMILES string of the molecule is CC(=O)c1sc(NC(=O)C(C)Oc2ccc(C(C)(C)C)cc2)nc1C. The summed E-state index contributed by atoms with van der Waals surface area (Å²) in [6, 6.07) is 7.74. The van der Waals surface area contributed by atoms with E-state index in [0.717, 1.165) is 0 Å². The Kier molecular flexibility index (Phi) is 5.62. The average molecular weight is 360 g/mol. The highest BCUT2D eigenvalue weighted by Gasteiger charge is 2.19. The van der Waals surface area contributed by atoms with Crippen molar-refractivity contribution in [3.05, 3.63) is 40.4 Å². The summed E-state index contributed by atoms with van der Waals surface area (Å²) in [5.41, 5.74) is 1.89. The van der Waals surface area contributed by atoms with Crippen molar-refractivity contribution in [2.75, 3.05) is 5.32 Å². The van der Waals surface area contributed by atoms with E-state index in [1.165, 1.54) is 23.8 Å². The van der Waals surface area contributed by atoms with Gasteiger partial charge in [0.2, 0.25) is 0 Å². The van der Waals surface area contributed by atoms with Crippen LogP contribution in [0, 0.1) is 6.92 Å². The van der Waals surface area contributed by atoms with Gasteiger partial charge in [-0.15, -0.1) is 0 Å². The second kappa shape index (κ2) is 7.35. The normalized spacial score (nSPS) is 12.6. The predicted octanol–water partition coefficient (Wildman–Crippen LogP) is 4.36. The van der Waals surface area contributed by atoms with Gasteiger partial charge in [-0.3, -0.25) is 14.9 Å².